The molecule has 3 heteroatoms. The fraction of sp³-hybridized carbons (Fsp3) is 0.200. The molecule has 0 heterocycles. The van der Waals surface area contributed by atoms with E-state index >= 15 is 0 Å². The second-order valence-corrected chi connectivity index (χ2v) is 4.14. The summed E-state index contributed by atoms with van der Waals surface area (Å²) in [5, 5.41) is 0. The van der Waals surface area contributed by atoms with Gasteiger partial charge >= 0.3 is 0 Å². The normalized spacial score (nSPS) is 11.7. The van der Waals surface area contributed by atoms with Gasteiger partial charge in [-0.15, -0.1) is 6.58 Å². The van der Waals surface area contributed by atoms with Crippen molar-refractivity contribution >= 4 is 5.70 Å². The maximum atomic E-state index is 6.05. The third-order valence-electron chi connectivity index (χ3n) is 2.93. The molecule has 0 aromatic heterocycles. The molecule has 0 fully saturated rings. The highest BCUT2D eigenvalue weighted by Gasteiger charge is 2.05. The Morgan fingerprint density at radius 2 is 2.11 bits per heavy atom. The Morgan fingerprint density at radius 3 is 2.67 bits per heavy atom. The lowest BCUT2D eigenvalue weighted by Crippen LogP contribution is -2.23. The van der Waals surface area contributed by atoms with Gasteiger partial charge in [-0.2, -0.15) is 0 Å². The van der Waals surface area contributed by atoms with E-state index in [0.29, 0.717) is 11.4 Å². The van der Waals surface area contributed by atoms with E-state index < -0.39 is 0 Å². The molecule has 3 nitrogen and oxygen atoms in total. The summed E-state index contributed by atoms with van der Waals surface area (Å²) < 4.78 is 0. The topological polar surface area (TPSA) is 64.1 Å². The summed E-state index contributed by atoms with van der Waals surface area (Å²) in [5.41, 5.74) is 13.3. The first-order valence-corrected chi connectivity index (χ1v) is 5.93. The number of allylic oxidation sites excluding steroid dienone is 2. The second-order valence-electron chi connectivity index (χ2n) is 4.14. The molecule has 1 aromatic carbocycles. The fourth-order valence-corrected chi connectivity index (χ4v) is 1.77. The first kappa shape index (κ1) is 14.1. The van der Waals surface area contributed by atoms with Crippen LogP contribution in [0, 0.1) is 6.92 Å². The summed E-state index contributed by atoms with van der Waals surface area (Å²) >= 11 is 0. The van der Waals surface area contributed by atoms with Crippen LogP contribution >= 0.6 is 0 Å². The van der Waals surface area contributed by atoms with Gasteiger partial charge in [0.15, 0.2) is 0 Å². The standard InChI is InChI=1S/C15H21N3/c1-4-6-7-12-10-13(9-8-11(12)3)15(16)14(5-2)18-17/h4-5,8-10,18H,1-2,6-7,16-17H2,3H3/b15-14-. The van der Waals surface area contributed by atoms with Crippen LogP contribution in [0.15, 0.2) is 49.2 Å². The molecule has 0 amide bonds. The summed E-state index contributed by atoms with van der Waals surface area (Å²) in [6, 6.07) is 6.15. The van der Waals surface area contributed by atoms with Gasteiger partial charge in [0.05, 0.1) is 11.4 Å². The number of hydrogen-bond acceptors (Lipinski definition) is 3. The summed E-state index contributed by atoms with van der Waals surface area (Å²) in [6.07, 6.45) is 5.45. The number of aryl methyl sites for hydroxylation is 2. The molecule has 1 aromatic rings. The third kappa shape index (κ3) is 3.25. The maximum absolute atomic E-state index is 6.05. The molecule has 0 unspecified atom stereocenters. The number of nitrogens with one attached hydrogen (secondary N) is 1. The van der Waals surface area contributed by atoms with E-state index in [1.165, 1.54) is 11.1 Å². The van der Waals surface area contributed by atoms with Crippen LogP contribution in [0.4, 0.5) is 0 Å². The van der Waals surface area contributed by atoms with Crippen molar-refractivity contribution in [2.45, 2.75) is 19.8 Å². The quantitative estimate of drug-likeness (QED) is 0.311. The summed E-state index contributed by atoms with van der Waals surface area (Å²) in [4.78, 5) is 0. The zero-order chi connectivity index (χ0) is 13.5. The molecule has 0 atom stereocenters. The fourth-order valence-electron chi connectivity index (χ4n) is 1.77. The van der Waals surface area contributed by atoms with Crippen molar-refractivity contribution in [3.63, 3.8) is 0 Å². The van der Waals surface area contributed by atoms with Gasteiger partial charge in [-0.05, 0) is 48.6 Å². The van der Waals surface area contributed by atoms with E-state index in [9.17, 15) is 0 Å². The molecule has 18 heavy (non-hydrogen) atoms. The average Bonchev–Trinajstić information content (AvgIpc) is 2.39. The summed E-state index contributed by atoms with van der Waals surface area (Å²) in [6.45, 7) is 9.51. The van der Waals surface area contributed by atoms with Crippen molar-refractivity contribution in [1.82, 2.24) is 5.43 Å². The van der Waals surface area contributed by atoms with Gasteiger partial charge in [0.25, 0.3) is 0 Å². The molecule has 0 bridgehead atoms. The van der Waals surface area contributed by atoms with Gasteiger partial charge in [-0.1, -0.05) is 24.8 Å². The molecule has 0 radical (unpaired) electrons. The van der Waals surface area contributed by atoms with Crippen molar-refractivity contribution in [1.29, 1.82) is 0 Å². The number of hydrogen-bond donors (Lipinski definition) is 3. The Hall–Kier alpha value is -2.00. The molecule has 0 spiro atoms. The number of benzene rings is 1. The minimum atomic E-state index is 0.604. The SMILES string of the molecule is C=CCCc1cc(/C(N)=C(\C=C)NN)ccc1C. The molecular formula is C15H21N3. The minimum Gasteiger partial charge on any atom is -0.397 e. The van der Waals surface area contributed by atoms with E-state index in [0.717, 1.165) is 18.4 Å². The number of nitrogens with two attached hydrogens (primary N) is 2. The van der Waals surface area contributed by atoms with Crippen LogP contribution in [-0.4, -0.2) is 0 Å². The van der Waals surface area contributed by atoms with Gasteiger partial charge < -0.3 is 11.2 Å². The molecule has 0 aliphatic rings. The molecule has 0 saturated carbocycles. The molecule has 0 aliphatic carbocycles. The monoisotopic (exact) mass is 243 g/mol. The van der Waals surface area contributed by atoms with Crippen molar-refractivity contribution in [2.24, 2.45) is 11.6 Å². The Balaban J connectivity index is 3.15. The van der Waals surface area contributed by atoms with Crippen LogP contribution < -0.4 is 17.0 Å². The summed E-state index contributed by atoms with van der Waals surface area (Å²) in [5.74, 6) is 5.40. The van der Waals surface area contributed by atoms with E-state index in [1.807, 2.05) is 12.1 Å². The maximum Gasteiger partial charge on any atom is 0.0716 e. The minimum absolute atomic E-state index is 0.604. The van der Waals surface area contributed by atoms with Crippen molar-refractivity contribution in [3.05, 3.63) is 65.9 Å². The van der Waals surface area contributed by atoms with Gasteiger partial charge in [-0.25, -0.2) is 0 Å². The average molecular weight is 243 g/mol. The van der Waals surface area contributed by atoms with Crippen LogP contribution in [0.5, 0.6) is 0 Å². The first-order valence-electron chi connectivity index (χ1n) is 5.93. The molecule has 96 valence electrons. The predicted octanol–water partition coefficient (Wildman–Crippen LogP) is 2.39. The molecule has 0 aliphatic heterocycles. The van der Waals surface area contributed by atoms with E-state index in [2.05, 4.69) is 37.6 Å². The van der Waals surface area contributed by atoms with Crippen molar-refractivity contribution < 1.29 is 0 Å². The predicted molar refractivity (Wildman–Crippen MR) is 78.3 cm³/mol. The Kier molecular flexibility index (Phi) is 5.21. The van der Waals surface area contributed by atoms with Crippen LogP contribution in [0.2, 0.25) is 0 Å². The lowest BCUT2D eigenvalue weighted by atomic mass is 9.99. The van der Waals surface area contributed by atoms with E-state index in [-0.39, 0.29) is 0 Å². The lowest BCUT2D eigenvalue weighted by molar-refractivity contribution is 0.916. The van der Waals surface area contributed by atoms with Gasteiger partial charge in [0, 0.05) is 0 Å². The number of rotatable bonds is 6. The highest BCUT2D eigenvalue weighted by atomic mass is 15.2. The Morgan fingerprint density at radius 1 is 1.39 bits per heavy atom. The van der Waals surface area contributed by atoms with E-state index in [4.69, 9.17) is 11.6 Å². The second kappa shape index (κ2) is 6.67. The highest BCUT2D eigenvalue weighted by Crippen LogP contribution is 2.18. The molecular weight excluding hydrogens is 222 g/mol. The Bertz CT molecular complexity index is 473. The Labute approximate surface area is 109 Å². The zero-order valence-corrected chi connectivity index (χ0v) is 10.9. The van der Waals surface area contributed by atoms with Gasteiger partial charge in [0.1, 0.15) is 0 Å². The lowest BCUT2D eigenvalue weighted by Gasteiger charge is -2.11. The van der Waals surface area contributed by atoms with Crippen molar-refractivity contribution in [2.75, 3.05) is 0 Å². The van der Waals surface area contributed by atoms with Crippen LogP contribution in [0.1, 0.15) is 23.1 Å². The third-order valence-corrected chi connectivity index (χ3v) is 2.93. The van der Waals surface area contributed by atoms with Gasteiger partial charge in [-0.3, -0.25) is 5.84 Å². The molecule has 0 saturated heterocycles. The van der Waals surface area contributed by atoms with E-state index in [1.54, 1.807) is 6.08 Å². The highest BCUT2D eigenvalue weighted by molar-refractivity contribution is 5.68. The van der Waals surface area contributed by atoms with Crippen LogP contribution in [0.25, 0.3) is 5.70 Å². The smallest absolute Gasteiger partial charge is 0.0716 e. The summed E-state index contributed by atoms with van der Waals surface area (Å²) in [7, 11) is 0. The van der Waals surface area contributed by atoms with Crippen molar-refractivity contribution in [3.8, 4) is 0 Å². The largest absolute Gasteiger partial charge is 0.397 e. The van der Waals surface area contributed by atoms with Gasteiger partial charge in [0.2, 0.25) is 0 Å². The van der Waals surface area contributed by atoms with Crippen LogP contribution in [-0.2, 0) is 6.42 Å². The first-order chi connectivity index (χ1) is 8.63. The molecule has 5 N–H and O–H groups in total. The number of hydrazine groups is 1. The molecule has 1 rings (SSSR count). The van der Waals surface area contributed by atoms with Crippen LogP contribution in [0.3, 0.4) is 0 Å². The zero-order valence-electron chi connectivity index (χ0n) is 10.9.